The van der Waals surface area contributed by atoms with Gasteiger partial charge in [0, 0.05) is 95.7 Å². The maximum Gasteiger partial charge on any atom is 1.00 e. The Hall–Kier alpha value is -1.22. The first-order chi connectivity index (χ1) is 35.1. The molecular weight excluding hydrogens is 1440 g/mol. The van der Waals surface area contributed by atoms with E-state index < -0.39 is 42.3 Å². The number of hydrogen-bond donors (Lipinski definition) is 1. The fourth-order valence-electron chi connectivity index (χ4n) is 8.36. The van der Waals surface area contributed by atoms with Gasteiger partial charge in [-0.05, 0) is 159 Å². The molecule has 0 aromatic heterocycles. The number of sulfone groups is 2. The van der Waals surface area contributed by atoms with Gasteiger partial charge in [0.15, 0.2) is 37.0 Å². The van der Waals surface area contributed by atoms with Gasteiger partial charge in [0.05, 0.1) is 36.2 Å². The molecule has 4 aromatic rings. The molecule has 4 aromatic carbocycles. The van der Waals surface area contributed by atoms with E-state index in [0.29, 0.717) is 65.7 Å². The van der Waals surface area contributed by atoms with Crippen molar-refractivity contribution in [1.29, 1.82) is 0 Å². The van der Waals surface area contributed by atoms with Crippen molar-refractivity contribution in [2.75, 3.05) is 38.6 Å². The van der Waals surface area contributed by atoms with Gasteiger partial charge >= 0.3 is 66.3 Å². The fourth-order valence-corrected chi connectivity index (χ4v) is 10.5. The Morgan fingerprint density at radius 2 is 0.924 bits per heavy atom. The molecule has 4 heterocycles. The van der Waals surface area contributed by atoms with Crippen molar-refractivity contribution in [3.8, 4) is 23.0 Å². The second kappa shape index (κ2) is 32.9. The summed E-state index contributed by atoms with van der Waals surface area (Å²) in [4.78, 5) is 35.9. The number of fused-ring (bicyclic) bond motifs is 4. The van der Waals surface area contributed by atoms with E-state index >= 15 is 0 Å². The summed E-state index contributed by atoms with van der Waals surface area (Å²) in [6, 6.07) is 15.5. The van der Waals surface area contributed by atoms with Crippen molar-refractivity contribution < 1.29 is 128 Å². The molecular formula is C53H72AlI3LiNaO17S3. The molecule has 0 fully saturated rings. The molecule has 79 heavy (non-hydrogen) atoms. The van der Waals surface area contributed by atoms with Crippen molar-refractivity contribution in [2.24, 2.45) is 0 Å². The molecule has 0 bridgehead atoms. The second-order valence-corrected chi connectivity index (χ2v) is 26.3. The quantitative estimate of drug-likeness (QED) is 0.0831. The SMILES string of the molecule is CC1(C)Cc2cc(S(C)(=O)=O)cc(CO)c2O1.CCOC(=O)c1cc(I)cc2c1OC(C)(C)C2.CCOC(=O)c1cc(S(C)(=O)=O)cc2c1OC(C)(C)C2.CCOC(=O)c1cccc2c1OC(C)(C)C2.CS(=O)[O-].II.[AlH3].[H-].[Li+].[Na+]. The van der Waals surface area contributed by atoms with Gasteiger partial charge in [0.2, 0.25) is 0 Å². The van der Waals surface area contributed by atoms with Crippen molar-refractivity contribution in [3.05, 3.63) is 103 Å². The molecule has 0 saturated heterocycles. The molecule has 0 aliphatic carbocycles. The Morgan fingerprint density at radius 1 is 0.608 bits per heavy atom. The van der Waals surface area contributed by atoms with E-state index in [1.807, 2.05) is 73.6 Å². The Labute approximate surface area is 552 Å². The predicted octanol–water partition coefficient (Wildman–Crippen LogP) is 3.24. The van der Waals surface area contributed by atoms with Gasteiger partial charge in [-0.1, -0.05) is 23.2 Å². The average molecular weight is 1510 g/mol. The number of carbonyl (C=O) groups is 3. The summed E-state index contributed by atoms with van der Waals surface area (Å²) in [6.07, 6.45) is 6.22. The van der Waals surface area contributed by atoms with E-state index in [1.54, 1.807) is 39.0 Å². The largest absolute Gasteiger partial charge is 1.00 e. The molecule has 1 atom stereocenters. The normalized spacial score (nSPS) is 15.6. The van der Waals surface area contributed by atoms with Gasteiger partial charge in [-0.3, -0.25) is 4.21 Å². The number of ether oxygens (including phenoxy) is 7. The second-order valence-electron chi connectivity index (χ2n) is 20.2. The first kappa shape index (κ1) is 77.8. The standard InChI is InChI=1S/C14H18O5S.C13H15IO3.C13H16O3.C12H16O4S.CH4O2S.Al.I2.Li.Na.4H/c1-5-18-13(15)11-7-10(20(4,16)17)6-9-8-14(2,3)19-12(9)11;1-4-16-12(15)10-6-9(14)5-8-7-13(2,3)17-11(8)10;1-4-15-12(14)10-7-5-6-9-8-13(2,3)16-11(9)10;1-12(2)6-8-4-10(17(3,14)15)5-9(7-13)11(8)16-12;1-4(2)3;;1-2;;;;;;/h6-7H,5,8H2,1-4H3;5-6H,4,7H2,1-3H3;5-7H,4,8H2,1-3H3;4-5,13H,6-7H2,1-3H3;1H3,(H,2,3);;;;;;;;/q;;;;;;;2*+1;;;;-1/p-1. The van der Waals surface area contributed by atoms with E-state index in [-0.39, 0.29) is 125 Å². The summed E-state index contributed by atoms with van der Waals surface area (Å²) < 4.78 is 104. The third-order valence-electron chi connectivity index (χ3n) is 11.1. The Bertz CT molecular complexity index is 3030. The molecule has 1 N–H and O–H groups in total. The molecule has 4 aliphatic heterocycles. The van der Waals surface area contributed by atoms with Crippen LogP contribution in [0.3, 0.4) is 0 Å². The van der Waals surface area contributed by atoms with Crippen LogP contribution in [0.25, 0.3) is 0 Å². The predicted molar refractivity (Wildman–Crippen MR) is 326 cm³/mol. The van der Waals surface area contributed by atoms with Crippen molar-refractivity contribution in [2.45, 2.75) is 141 Å². The van der Waals surface area contributed by atoms with Crippen LogP contribution in [0, 0.1) is 3.57 Å². The maximum absolute atomic E-state index is 12.0. The molecule has 26 heteroatoms. The zero-order chi connectivity index (χ0) is 57.9. The Kier molecular flexibility index (Phi) is 32.4. The average Bonchev–Trinajstić information content (AvgIpc) is 4.00. The minimum Gasteiger partial charge on any atom is -1.00 e. The number of hydrogen-bond acceptors (Lipinski definition) is 17. The minimum atomic E-state index is -3.40. The smallest absolute Gasteiger partial charge is 1.00 e. The summed E-state index contributed by atoms with van der Waals surface area (Å²) in [5, 5.41) is 9.29. The molecule has 17 nitrogen and oxygen atoms in total. The van der Waals surface area contributed by atoms with Crippen LogP contribution in [0.4, 0.5) is 0 Å². The van der Waals surface area contributed by atoms with E-state index in [4.69, 9.17) is 41.9 Å². The number of halogens is 3. The van der Waals surface area contributed by atoms with E-state index in [9.17, 15) is 36.3 Å². The third kappa shape index (κ3) is 23.3. The number of para-hydroxylation sites is 1. The third-order valence-corrected chi connectivity index (χ3v) is 13.9. The van der Waals surface area contributed by atoms with Crippen molar-refractivity contribution >= 4 is 126 Å². The van der Waals surface area contributed by atoms with Crippen molar-refractivity contribution in [1.82, 2.24) is 0 Å². The summed E-state index contributed by atoms with van der Waals surface area (Å²) in [7, 11) is -6.66. The summed E-state index contributed by atoms with van der Waals surface area (Å²) in [5.41, 5.74) is 4.25. The monoisotopic (exact) mass is 1510 g/mol. The maximum atomic E-state index is 12.0. The molecule has 0 amide bonds. The number of aliphatic hydroxyl groups excluding tert-OH is 1. The van der Waals surface area contributed by atoms with Gasteiger partial charge in [-0.2, -0.15) is 0 Å². The summed E-state index contributed by atoms with van der Waals surface area (Å²) in [6.45, 7) is 21.8. The number of esters is 3. The van der Waals surface area contributed by atoms with Crippen LogP contribution in [0.2, 0.25) is 0 Å². The van der Waals surface area contributed by atoms with Crippen LogP contribution in [-0.2, 0) is 77.3 Å². The molecule has 8 rings (SSSR count). The van der Waals surface area contributed by atoms with Gasteiger partial charge in [0.1, 0.15) is 62.1 Å². The number of carbonyl (C=O) groups excluding carboxylic acids is 3. The topological polar surface area (TPSA) is 244 Å². The number of benzene rings is 4. The first-order valence-corrected chi connectivity index (χ1v) is 36.4. The minimum absolute atomic E-state index is 0. The van der Waals surface area contributed by atoms with Crippen LogP contribution in [0.5, 0.6) is 23.0 Å². The zero-order valence-corrected chi connectivity index (χ0v) is 58.1. The van der Waals surface area contributed by atoms with E-state index in [2.05, 4.69) is 65.9 Å². The number of aliphatic hydroxyl groups is 1. The van der Waals surface area contributed by atoms with Crippen LogP contribution in [0.1, 0.15) is 136 Å². The van der Waals surface area contributed by atoms with Gasteiger partial charge in [-0.15, -0.1) is 0 Å². The Morgan fingerprint density at radius 3 is 1.30 bits per heavy atom. The number of rotatable bonds is 9. The Balaban J connectivity index is 0. The van der Waals surface area contributed by atoms with Crippen LogP contribution < -0.4 is 67.4 Å². The summed E-state index contributed by atoms with van der Waals surface area (Å²) in [5.74, 6) is 1.26. The van der Waals surface area contributed by atoms with Crippen LogP contribution in [-0.4, -0.2) is 127 Å². The zero-order valence-electron chi connectivity index (χ0n) is 48.2. The van der Waals surface area contributed by atoms with E-state index in [0.717, 1.165) is 57.4 Å². The van der Waals surface area contributed by atoms with Gasteiger partial charge in [-0.25, -0.2) is 31.2 Å². The van der Waals surface area contributed by atoms with Crippen LogP contribution in [0.15, 0.2) is 64.4 Å². The molecule has 430 valence electrons. The van der Waals surface area contributed by atoms with E-state index in [1.165, 1.54) is 12.1 Å². The molecule has 0 saturated carbocycles. The van der Waals surface area contributed by atoms with Crippen molar-refractivity contribution in [3.63, 3.8) is 0 Å². The summed E-state index contributed by atoms with van der Waals surface area (Å²) >= 11 is 4.59. The molecule has 1 unspecified atom stereocenters. The molecule has 0 spiro atoms. The molecule has 4 aliphatic rings. The fraction of sp³-hybridized carbons (Fsp3) is 0.491. The first-order valence-electron chi connectivity index (χ1n) is 23.8. The van der Waals surface area contributed by atoms with Crippen LogP contribution >= 0.6 is 59.8 Å². The van der Waals surface area contributed by atoms with Gasteiger partial charge < -0.3 is 44.2 Å². The molecule has 0 radical (unpaired) electrons. The van der Waals surface area contributed by atoms with Gasteiger partial charge in [0.25, 0.3) is 0 Å².